The molecule has 1 fully saturated rings. The Hall–Kier alpha value is -1.59. The Kier molecular flexibility index (Phi) is 12.2. The number of amides is 1. The molecule has 5 nitrogen and oxygen atoms in total. The van der Waals surface area contributed by atoms with Crippen molar-refractivity contribution in [1.29, 1.82) is 0 Å². The van der Waals surface area contributed by atoms with Gasteiger partial charge < -0.3 is 20.9 Å². The van der Waals surface area contributed by atoms with Gasteiger partial charge in [0.1, 0.15) is 0 Å². The maximum atomic E-state index is 11.1. The van der Waals surface area contributed by atoms with Crippen LogP contribution in [0.5, 0.6) is 0 Å². The summed E-state index contributed by atoms with van der Waals surface area (Å²) in [7, 11) is 2.15. The molecule has 0 aliphatic carbocycles. The highest BCUT2D eigenvalue weighted by Gasteiger charge is 2.13. The molecule has 126 valence electrons. The minimum absolute atomic E-state index is 0.000602. The van der Waals surface area contributed by atoms with Crippen molar-refractivity contribution in [3.05, 3.63) is 29.8 Å². The molecule has 1 aromatic carbocycles. The van der Waals surface area contributed by atoms with Gasteiger partial charge >= 0.3 is 0 Å². The third-order valence-corrected chi connectivity index (χ3v) is 3.04. The SMILES string of the molecule is CC.CC.CN1CCNCC1.O=C1NCNc2ccccc21. The number of piperazine rings is 1. The number of anilines is 1. The summed E-state index contributed by atoms with van der Waals surface area (Å²) in [4.78, 5) is 13.5. The average Bonchev–Trinajstić information content (AvgIpc) is 2.60. The van der Waals surface area contributed by atoms with E-state index in [-0.39, 0.29) is 5.91 Å². The van der Waals surface area contributed by atoms with Crippen molar-refractivity contribution in [3.8, 4) is 0 Å². The van der Waals surface area contributed by atoms with Crippen molar-refractivity contribution in [2.75, 3.05) is 45.2 Å². The first-order valence-electron chi connectivity index (χ1n) is 8.28. The maximum absolute atomic E-state index is 11.1. The molecule has 2 heterocycles. The normalized spacial score (nSPS) is 16.0. The third-order valence-electron chi connectivity index (χ3n) is 3.04. The first-order valence-corrected chi connectivity index (χ1v) is 8.28. The van der Waals surface area contributed by atoms with Gasteiger partial charge in [0.2, 0.25) is 0 Å². The summed E-state index contributed by atoms with van der Waals surface area (Å²) >= 11 is 0. The summed E-state index contributed by atoms with van der Waals surface area (Å²) in [6.45, 7) is 13.3. The molecule has 0 saturated carbocycles. The Bertz CT molecular complexity index is 403. The lowest BCUT2D eigenvalue weighted by Gasteiger charge is -2.21. The average molecular weight is 308 g/mol. The van der Waals surface area contributed by atoms with Crippen LogP contribution in [0.15, 0.2) is 24.3 Å². The molecule has 0 atom stereocenters. The maximum Gasteiger partial charge on any atom is 0.254 e. The molecule has 1 saturated heterocycles. The molecule has 0 radical (unpaired) electrons. The highest BCUT2D eigenvalue weighted by molar-refractivity contribution is 6.01. The minimum Gasteiger partial charge on any atom is -0.367 e. The Balaban J connectivity index is 0.000000348. The molecular formula is C17H32N4O. The number of para-hydroxylation sites is 1. The number of fused-ring (bicyclic) bond motifs is 1. The van der Waals surface area contributed by atoms with Crippen LogP contribution in [-0.2, 0) is 0 Å². The van der Waals surface area contributed by atoms with Crippen molar-refractivity contribution in [1.82, 2.24) is 15.5 Å². The summed E-state index contributed by atoms with van der Waals surface area (Å²) in [5.41, 5.74) is 1.63. The number of hydrogen-bond donors (Lipinski definition) is 3. The molecule has 5 heteroatoms. The van der Waals surface area contributed by atoms with Gasteiger partial charge in [-0.3, -0.25) is 4.79 Å². The second-order valence-corrected chi connectivity index (χ2v) is 4.46. The van der Waals surface area contributed by atoms with E-state index in [2.05, 4.69) is 27.9 Å². The van der Waals surface area contributed by atoms with E-state index in [0.717, 1.165) is 24.3 Å². The first-order chi connectivity index (χ1) is 10.8. The monoisotopic (exact) mass is 308 g/mol. The molecule has 0 bridgehead atoms. The van der Waals surface area contributed by atoms with Crippen LogP contribution in [0.25, 0.3) is 0 Å². The number of rotatable bonds is 0. The van der Waals surface area contributed by atoms with Crippen molar-refractivity contribution in [2.24, 2.45) is 0 Å². The van der Waals surface area contributed by atoms with E-state index in [1.165, 1.54) is 13.1 Å². The second kappa shape index (κ2) is 13.1. The zero-order chi connectivity index (χ0) is 16.8. The third kappa shape index (κ3) is 7.43. The zero-order valence-corrected chi connectivity index (χ0v) is 14.7. The molecule has 0 spiro atoms. The second-order valence-electron chi connectivity index (χ2n) is 4.46. The van der Waals surface area contributed by atoms with Gasteiger partial charge in [0.05, 0.1) is 12.2 Å². The predicted octanol–water partition coefficient (Wildman–Crippen LogP) is 2.37. The van der Waals surface area contributed by atoms with Crippen LogP contribution in [0.1, 0.15) is 38.1 Å². The lowest BCUT2D eigenvalue weighted by atomic mass is 10.1. The van der Waals surface area contributed by atoms with Gasteiger partial charge in [0.15, 0.2) is 0 Å². The van der Waals surface area contributed by atoms with E-state index in [9.17, 15) is 4.79 Å². The highest BCUT2D eigenvalue weighted by atomic mass is 16.1. The molecule has 1 aromatic rings. The van der Waals surface area contributed by atoms with Crippen LogP contribution in [0.4, 0.5) is 5.69 Å². The van der Waals surface area contributed by atoms with Gasteiger partial charge in [0.25, 0.3) is 5.91 Å². The Morgan fingerprint density at radius 3 is 2.05 bits per heavy atom. The van der Waals surface area contributed by atoms with Crippen LogP contribution in [0.2, 0.25) is 0 Å². The summed E-state index contributed by atoms with van der Waals surface area (Å²) in [5, 5.41) is 9.02. The lowest BCUT2D eigenvalue weighted by molar-refractivity contribution is 0.0953. The van der Waals surface area contributed by atoms with Crippen LogP contribution in [0, 0.1) is 0 Å². The number of benzene rings is 1. The molecule has 0 aromatic heterocycles. The number of carbonyl (C=O) groups excluding carboxylic acids is 1. The van der Waals surface area contributed by atoms with Gasteiger partial charge in [-0.05, 0) is 19.2 Å². The van der Waals surface area contributed by atoms with Gasteiger partial charge in [0, 0.05) is 31.9 Å². The van der Waals surface area contributed by atoms with Crippen LogP contribution in [-0.4, -0.2) is 50.7 Å². The number of likely N-dealkylation sites (N-methyl/N-ethyl adjacent to an activating group) is 1. The van der Waals surface area contributed by atoms with E-state index < -0.39 is 0 Å². The van der Waals surface area contributed by atoms with Gasteiger partial charge in [-0.1, -0.05) is 39.8 Å². The van der Waals surface area contributed by atoms with Crippen molar-refractivity contribution in [3.63, 3.8) is 0 Å². The molecule has 2 aliphatic rings. The van der Waals surface area contributed by atoms with Gasteiger partial charge in [-0.15, -0.1) is 0 Å². The summed E-state index contributed by atoms with van der Waals surface area (Å²) < 4.78 is 0. The van der Waals surface area contributed by atoms with Crippen LogP contribution in [0.3, 0.4) is 0 Å². The van der Waals surface area contributed by atoms with Crippen molar-refractivity contribution in [2.45, 2.75) is 27.7 Å². The smallest absolute Gasteiger partial charge is 0.254 e. The molecule has 1 amide bonds. The van der Waals surface area contributed by atoms with E-state index in [0.29, 0.717) is 6.67 Å². The lowest BCUT2D eigenvalue weighted by Crippen LogP contribution is -2.40. The zero-order valence-electron chi connectivity index (χ0n) is 14.7. The van der Waals surface area contributed by atoms with Crippen LogP contribution < -0.4 is 16.0 Å². The molecule has 3 N–H and O–H groups in total. The molecular weight excluding hydrogens is 276 g/mol. The van der Waals surface area contributed by atoms with E-state index >= 15 is 0 Å². The molecule has 3 rings (SSSR count). The fourth-order valence-electron chi connectivity index (χ4n) is 1.93. The fraction of sp³-hybridized carbons (Fsp3) is 0.588. The van der Waals surface area contributed by atoms with Gasteiger partial charge in [-0.25, -0.2) is 0 Å². The molecule has 22 heavy (non-hydrogen) atoms. The van der Waals surface area contributed by atoms with E-state index in [1.807, 2.05) is 45.9 Å². The largest absolute Gasteiger partial charge is 0.367 e. The number of nitrogens with zero attached hydrogens (tertiary/aromatic N) is 1. The van der Waals surface area contributed by atoms with E-state index in [1.54, 1.807) is 6.07 Å². The van der Waals surface area contributed by atoms with Crippen molar-refractivity contribution < 1.29 is 4.79 Å². The standard InChI is InChI=1S/C8H8N2O.C5H12N2.2C2H6/c11-8-6-3-1-2-4-7(6)9-5-10-8;1-7-4-2-6-3-5-7;2*1-2/h1-4,9H,5H2,(H,10,11);6H,2-5H2,1H3;2*1-2H3. The Labute approximate surface area is 135 Å². The minimum atomic E-state index is -0.000602. The van der Waals surface area contributed by atoms with Crippen molar-refractivity contribution >= 4 is 11.6 Å². The number of hydrogen-bond acceptors (Lipinski definition) is 4. The Morgan fingerprint density at radius 1 is 0.955 bits per heavy atom. The summed E-state index contributed by atoms with van der Waals surface area (Å²) in [5.74, 6) is -0.000602. The highest BCUT2D eigenvalue weighted by Crippen LogP contribution is 2.16. The van der Waals surface area contributed by atoms with E-state index in [4.69, 9.17) is 0 Å². The molecule has 2 aliphatic heterocycles. The van der Waals surface area contributed by atoms with Gasteiger partial charge in [-0.2, -0.15) is 0 Å². The number of nitrogens with one attached hydrogen (secondary N) is 3. The summed E-state index contributed by atoms with van der Waals surface area (Å²) in [6.07, 6.45) is 0. The molecule has 0 unspecified atom stereocenters. The quantitative estimate of drug-likeness (QED) is 0.689. The summed E-state index contributed by atoms with van der Waals surface area (Å²) in [6, 6.07) is 7.46. The predicted molar refractivity (Wildman–Crippen MR) is 95.5 cm³/mol. The van der Waals surface area contributed by atoms with Crippen LogP contribution >= 0.6 is 0 Å². The number of carbonyl (C=O) groups is 1. The Morgan fingerprint density at radius 2 is 1.55 bits per heavy atom. The topological polar surface area (TPSA) is 56.4 Å². The first kappa shape index (κ1) is 20.4. The fourth-order valence-corrected chi connectivity index (χ4v) is 1.93.